The highest BCUT2D eigenvalue weighted by Crippen LogP contribution is 2.33. The molecule has 2 aromatic carbocycles. The zero-order chi connectivity index (χ0) is 22.2. The van der Waals surface area contributed by atoms with Crippen molar-refractivity contribution in [2.75, 3.05) is 16.8 Å². The number of rotatable bonds is 4. The van der Waals surface area contributed by atoms with Crippen LogP contribution in [0, 0.1) is 5.92 Å². The molecule has 1 aliphatic rings. The van der Waals surface area contributed by atoms with Crippen molar-refractivity contribution in [2.24, 2.45) is 5.92 Å². The van der Waals surface area contributed by atoms with Crippen LogP contribution in [0.1, 0.15) is 12.0 Å². The first kappa shape index (κ1) is 20.4. The van der Waals surface area contributed by atoms with Crippen LogP contribution in [-0.4, -0.2) is 28.5 Å². The first-order chi connectivity index (χ1) is 14.7. The lowest BCUT2D eigenvalue weighted by Gasteiger charge is -2.18. The summed E-state index contributed by atoms with van der Waals surface area (Å²) in [6, 6.07) is 10.9. The molecule has 2 amide bonds. The SMILES string of the molecule is O=C(Nc1cccc(-c2noc(=O)[nH]2)c1)C1CC(=O)N(c2cccc(C(F)(F)F)c2)C1. The van der Waals surface area contributed by atoms with Crippen molar-refractivity contribution in [3.05, 3.63) is 64.6 Å². The van der Waals surface area contributed by atoms with Gasteiger partial charge in [0.15, 0.2) is 5.82 Å². The molecule has 2 N–H and O–H groups in total. The first-order valence-corrected chi connectivity index (χ1v) is 9.15. The molecule has 0 saturated carbocycles. The number of anilines is 2. The highest BCUT2D eigenvalue weighted by atomic mass is 19.4. The van der Waals surface area contributed by atoms with E-state index < -0.39 is 35.2 Å². The van der Waals surface area contributed by atoms with E-state index in [-0.39, 0.29) is 24.5 Å². The van der Waals surface area contributed by atoms with Crippen LogP contribution < -0.4 is 16.0 Å². The summed E-state index contributed by atoms with van der Waals surface area (Å²) < 4.78 is 43.3. The van der Waals surface area contributed by atoms with Crippen molar-refractivity contribution in [3.63, 3.8) is 0 Å². The second-order valence-corrected chi connectivity index (χ2v) is 6.97. The quantitative estimate of drug-likeness (QED) is 0.659. The number of benzene rings is 2. The smallest absolute Gasteiger partial charge is 0.326 e. The van der Waals surface area contributed by atoms with Crippen molar-refractivity contribution in [2.45, 2.75) is 12.6 Å². The van der Waals surface area contributed by atoms with E-state index in [0.717, 1.165) is 12.1 Å². The van der Waals surface area contributed by atoms with E-state index in [1.165, 1.54) is 17.0 Å². The molecular weight excluding hydrogens is 417 g/mol. The summed E-state index contributed by atoms with van der Waals surface area (Å²) in [5.74, 6) is -2.16. The predicted octanol–water partition coefficient (Wildman–Crippen LogP) is 3.04. The van der Waals surface area contributed by atoms with Crippen LogP contribution in [0.15, 0.2) is 57.8 Å². The van der Waals surface area contributed by atoms with Gasteiger partial charge in [-0.3, -0.25) is 19.1 Å². The van der Waals surface area contributed by atoms with E-state index in [1.807, 2.05) is 0 Å². The highest BCUT2D eigenvalue weighted by molar-refractivity contribution is 6.03. The molecule has 0 aliphatic carbocycles. The van der Waals surface area contributed by atoms with Crippen LogP contribution in [0.5, 0.6) is 0 Å². The third-order valence-corrected chi connectivity index (χ3v) is 4.82. The second kappa shape index (κ2) is 7.74. The van der Waals surface area contributed by atoms with Crippen LogP contribution in [0.2, 0.25) is 0 Å². The standard InChI is InChI=1S/C20H15F3N4O4/c21-20(22,23)13-4-2-6-15(9-13)27-10-12(8-16(27)28)18(29)24-14-5-1-3-11(7-14)17-25-19(30)31-26-17/h1-7,9,12H,8,10H2,(H,24,29)(H,25,26,30). The van der Waals surface area contributed by atoms with Gasteiger partial charge in [0.05, 0.1) is 11.5 Å². The van der Waals surface area contributed by atoms with Gasteiger partial charge in [0, 0.05) is 29.9 Å². The molecule has 3 aromatic rings. The minimum Gasteiger partial charge on any atom is -0.326 e. The Morgan fingerprint density at radius 3 is 2.65 bits per heavy atom. The summed E-state index contributed by atoms with van der Waals surface area (Å²) in [6.07, 6.45) is -4.66. The van der Waals surface area contributed by atoms with Crippen LogP contribution in [-0.2, 0) is 15.8 Å². The molecule has 11 heteroatoms. The van der Waals surface area contributed by atoms with E-state index in [0.29, 0.717) is 11.3 Å². The van der Waals surface area contributed by atoms with Gasteiger partial charge in [-0.05, 0) is 30.3 Å². The number of carbonyl (C=O) groups excluding carboxylic acids is 2. The lowest BCUT2D eigenvalue weighted by atomic mass is 10.1. The molecule has 160 valence electrons. The van der Waals surface area contributed by atoms with Crippen molar-refractivity contribution in [1.82, 2.24) is 10.1 Å². The number of nitrogens with one attached hydrogen (secondary N) is 2. The lowest BCUT2D eigenvalue weighted by Crippen LogP contribution is -2.28. The average Bonchev–Trinajstić information content (AvgIpc) is 3.33. The van der Waals surface area contributed by atoms with Gasteiger partial charge in [0.1, 0.15) is 0 Å². The molecule has 0 radical (unpaired) electrons. The van der Waals surface area contributed by atoms with Gasteiger partial charge >= 0.3 is 11.9 Å². The maximum absolute atomic E-state index is 13.0. The number of H-pyrrole nitrogens is 1. The number of aromatic nitrogens is 2. The van der Waals surface area contributed by atoms with E-state index in [2.05, 4.69) is 20.0 Å². The van der Waals surface area contributed by atoms with Crippen LogP contribution >= 0.6 is 0 Å². The molecule has 1 aliphatic heterocycles. The van der Waals surface area contributed by atoms with E-state index >= 15 is 0 Å². The Balaban J connectivity index is 1.47. The lowest BCUT2D eigenvalue weighted by molar-refractivity contribution is -0.137. The summed E-state index contributed by atoms with van der Waals surface area (Å²) in [6.45, 7) is -0.0394. The number of alkyl halides is 3. The molecule has 8 nitrogen and oxygen atoms in total. The number of amides is 2. The molecule has 1 atom stereocenters. The van der Waals surface area contributed by atoms with Crippen LogP contribution in [0.3, 0.4) is 0 Å². The van der Waals surface area contributed by atoms with Crippen molar-refractivity contribution < 1.29 is 27.3 Å². The molecule has 2 heterocycles. The fourth-order valence-electron chi connectivity index (χ4n) is 3.33. The van der Waals surface area contributed by atoms with E-state index in [4.69, 9.17) is 0 Å². The van der Waals surface area contributed by atoms with Gasteiger partial charge in [-0.25, -0.2) is 4.79 Å². The number of hydrogen-bond donors (Lipinski definition) is 2. The molecule has 1 fully saturated rings. The van der Waals surface area contributed by atoms with Gasteiger partial charge in [0.25, 0.3) is 0 Å². The van der Waals surface area contributed by atoms with Gasteiger partial charge in [-0.1, -0.05) is 23.4 Å². The Kier molecular flexibility index (Phi) is 5.09. The summed E-state index contributed by atoms with van der Waals surface area (Å²) in [4.78, 5) is 39.7. The summed E-state index contributed by atoms with van der Waals surface area (Å²) in [7, 11) is 0. The normalized spacial score (nSPS) is 16.5. The molecule has 31 heavy (non-hydrogen) atoms. The molecule has 1 aromatic heterocycles. The Morgan fingerprint density at radius 2 is 1.94 bits per heavy atom. The van der Waals surface area contributed by atoms with Crippen LogP contribution in [0.25, 0.3) is 11.4 Å². The number of hydrogen-bond acceptors (Lipinski definition) is 5. The van der Waals surface area contributed by atoms with Crippen LogP contribution in [0.4, 0.5) is 24.5 Å². The van der Waals surface area contributed by atoms with Gasteiger partial charge in [-0.15, -0.1) is 0 Å². The zero-order valence-electron chi connectivity index (χ0n) is 15.8. The summed E-state index contributed by atoms with van der Waals surface area (Å²) >= 11 is 0. The zero-order valence-corrected chi connectivity index (χ0v) is 15.8. The summed E-state index contributed by atoms with van der Waals surface area (Å²) in [5.41, 5.74) is 0.119. The Morgan fingerprint density at radius 1 is 1.16 bits per heavy atom. The fraction of sp³-hybridized carbons (Fsp3) is 0.200. The maximum atomic E-state index is 13.0. The van der Waals surface area contributed by atoms with Crippen molar-refractivity contribution in [3.8, 4) is 11.4 Å². The van der Waals surface area contributed by atoms with Gasteiger partial charge in [-0.2, -0.15) is 13.2 Å². The Labute approximate surface area is 172 Å². The van der Waals surface area contributed by atoms with Crippen molar-refractivity contribution >= 4 is 23.2 Å². The van der Waals surface area contributed by atoms with Crippen molar-refractivity contribution in [1.29, 1.82) is 0 Å². The highest BCUT2D eigenvalue weighted by Gasteiger charge is 2.37. The second-order valence-electron chi connectivity index (χ2n) is 6.97. The molecular formula is C20H15F3N4O4. The first-order valence-electron chi connectivity index (χ1n) is 9.15. The predicted molar refractivity (Wildman–Crippen MR) is 103 cm³/mol. The number of carbonyl (C=O) groups is 2. The molecule has 1 saturated heterocycles. The minimum absolute atomic E-state index is 0.0394. The number of halogens is 3. The van der Waals surface area contributed by atoms with E-state index in [9.17, 15) is 27.6 Å². The maximum Gasteiger partial charge on any atom is 0.439 e. The minimum atomic E-state index is -4.53. The number of aromatic amines is 1. The largest absolute Gasteiger partial charge is 0.439 e. The number of nitrogens with zero attached hydrogens (tertiary/aromatic N) is 2. The Bertz CT molecular complexity index is 1200. The topological polar surface area (TPSA) is 108 Å². The molecule has 0 spiro atoms. The average molecular weight is 432 g/mol. The van der Waals surface area contributed by atoms with Gasteiger partial charge < -0.3 is 10.2 Å². The third-order valence-electron chi connectivity index (χ3n) is 4.82. The summed E-state index contributed by atoms with van der Waals surface area (Å²) in [5, 5.41) is 6.26. The molecule has 1 unspecified atom stereocenters. The third kappa shape index (κ3) is 4.34. The monoisotopic (exact) mass is 432 g/mol. The van der Waals surface area contributed by atoms with Gasteiger partial charge in [0.2, 0.25) is 11.8 Å². The Hall–Kier alpha value is -3.89. The van der Waals surface area contributed by atoms with E-state index in [1.54, 1.807) is 24.3 Å². The molecule has 4 rings (SSSR count). The molecule has 0 bridgehead atoms. The fourth-order valence-corrected chi connectivity index (χ4v) is 3.33.